The van der Waals surface area contributed by atoms with E-state index in [-0.39, 0.29) is 11.7 Å². The number of pyridine rings is 1. The second-order valence-corrected chi connectivity index (χ2v) is 11.4. The summed E-state index contributed by atoms with van der Waals surface area (Å²) in [6.07, 6.45) is 5.04. The van der Waals surface area contributed by atoms with Crippen LogP contribution in [0.25, 0.3) is 11.3 Å². The minimum atomic E-state index is -0.722. The summed E-state index contributed by atoms with van der Waals surface area (Å²) in [5, 5.41) is 6.14. The summed E-state index contributed by atoms with van der Waals surface area (Å²) in [6, 6.07) is 6.38. The van der Waals surface area contributed by atoms with Gasteiger partial charge in [-0.2, -0.15) is 0 Å². The van der Waals surface area contributed by atoms with Crippen molar-refractivity contribution in [3.05, 3.63) is 59.3 Å². The second-order valence-electron chi connectivity index (χ2n) is 11.4. The summed E-state index contributed by atoms with van der Waals surface area (Å²) in [7, 11) is 1.39. The van der Waals surface area contributed by atoms with Gasteiger partial charge in [0.15, 0.2) is 11.6 Å². The molecule has 0 spiro atoms. The Morgan fingerprint density at radius 1 is 1.27 bits per heavy atom. The van der Waals surface area contributed by atoms with Crippen LogP contribution in [-0.2, 0) is 11.2 Å². The SMILES string of the molecule is COc1c(F)cccc1Nc1c(-c2ccncc2C#C[C@@]2(C)CCCN2C(=O)OC(C)(C)C)[nH]c2c1C(=O)NCC2. The van der Waals surface area contributed by atoms with Crippen LogP contribution in [0.4, 0.5) is 20.6 Å². The highest BCUT2D eigenvalue weighted by atomic mass is 19.1. The fourth-order valence-electron chi connectivity index (χ4n) is 5.27. The van der Waals surface area contributed by atoms with Gasteiger partial charge in [0.1, 0.15) is 11.1 Å². The first-order chi connectivity index (χ1) is 19.5. The molecule has 0 saturated carbocycles. The Kier molecular flexibility index (Phi) is 7.39. The first-order valence-corrected chi connectivity index (χ1v) is 13.6. The van der Waals surface area contributed by atoms with Gasteiger partial charge in [-0.25, -0.2) is 9.18 Å². The average Bonchev–Trinajstić information content (AvgIpc) is 3.48. The van der Waals surface area contributed by atoms with Crippen molar-refractivity contribution in [1.82, 2.24) is 20.2 Å². The minimum Gasteiger partial charge on any atom is -0.492 e. The third kappa shape index (κ3) is 5.57. The number of hydrogen-bond acceptors (Lipinski definition) is 6. The number of anilines is 2. The minimum absolute atomic E-state index is 0.0377. The van der Waals surface area contributed by atoms with E-state index >= 15 is 0 Å². The number of ether oxygens (including phenoxy) is 2. The zero-order valence-corrected chi connectivity index (χ0v) is 23.9. The van der Waals surface area contributed by atoms with Gasteiger partial charge in [-0.1, -0.05) is 17.9 Å². The van der Waals surface area contributed by atoms with E-state index in [1.807, 2.05) is 33.8 Å². The molecule has 2 aliphatic heterocycles. The summed E-state index contributed by atoms with van der Waals surface area (Å²) in [6.45, 7) is 8.51. The molecule has 1 aromatic carbocycles. The number of benzene rings is 1. The number of amides is 2. The highest BCUT2D eigenvalue weighted by Crippen LogP contribution is 2.40. The number of fused-ring (bicyclic) bond motifs is 1. The Hall–Kier alpha value is -4.52. The van der Waals surface area contributed by atoms with Gasteiger partial charge in [0, 0.05) is 43.2 Å². The van der Waals surface area contributed by atoms with Crippen LogP contribution >= 0.6 is 0 Å². The molecule has 2 aromatic heterocycles. The Labute approximate surface area is 238 Å². The van der Waals surface area contributed by atoms with Gasteiger partial charge in [-0.05, 0) is 58.7 Å². The fraction of sp³-hybridized carbons (Fsp3) is 0.387. The first-order valence-electron chi connectivity index (χ1n) is 13.6. The number of hydrogen-bond donors (Lipinski definition) is 3. The van der Waals surface area contributed by atoms with Crippen LogP contribution in [0.15, 0.2) is 36.7 Å². The molecule has 1 atom stereocenters. The molecule has 0 bridgehead atoms. The molecule has 3 N–H and O–H groups in total. The monoisotopic (exact) mass is 559 g/mol. The van der Waals surface area contributed by atoms with Crippen LogP contribution in [0, 0.1) is 17.7 Å². The predicted octanol–water partition coefficient (Wildman–Crippen LogP) is 5.40. The summed E-state index contributed by atoms with van der Waals surface area (Å²) in [5.74, 6) is 5.86. The lowest BCUT2D eigenvalue weighted by atomic mass is 9.98. The molecule has 1 saturated heterocycles. The van der Waals surface area contributed by atoms with E-state index in [0.717, 1.165) is 12.1 Å². The lowest BCUT2D eigenvalue weighted by molar-refractivity contribution is 0.0179. The van der Waals surface area contributed by atoms with E-state index in [0.29, 0.717) is 59.7 Å². The quantitative estimate of drug-likeness (QED) is 0.370. The van der Waals surface area contributed by atoms with Gasteiger partial charge in [0.05, 0.1) is 35.3 Å². The molecule has 214 valence electrons. The van der Waals surface area contributed by atoms with Crippen molar-refractivity contribution in [3.8, 4) is 28.8 Å². The van der Waals surface area contributed by atoms with Crippen LogP contribution in [0.3, 0.4) is 0 Å². The number of rotatable bonds is 4. The molecular formula is C31H34FN5O4. The van der Waals surface area contributed by atoms with E-state index in [9.17, 15) is 14.0 Å². The largest absolute Gasteiger partial charge is 0.492 e. The lowest BCUT2D eigenvalue weighted by Gasteiger charge is -2.32. The number of carbonyl (C=O) groups excluding carboxylic acids is 2. The second kappa shape index (κ2) is 10.8. The molecular weight excluding hydrogens is 525 g/mol. The third-order valence-electron chi connectivity index (χ3n) is 7.21. The van der Waals surface area contributed by atoms with Crippen LogP contribution in [0.1, 0.15) is 62.2 Å². The molecule has 0 unspecified atom stereocenters. The maximum absolute atomic E-state index is 14.5. The Balaban J connectivity index is 1.58. The fourth-order valence-corrected chi connectivity index (χ4v) is 5.27. The van der Waals surface area contributed by atoms with Crippen molar-refractivity contribution in [2.24, 2.45) is 0 Å². The van der Waals surface area contributed by atoms with Crippen molar-refractivity contribution in [2.45, 2.75) is 58.1 Å². The normalized spacial score (nSPS) is 18.2. The molecule has 3 aromatic rings. The van der Waals surface area contributed by atoms with Gasteiger partial charge in [0.25, 0.3) is 5.91 Å². The molecule has 2 aliphatic rings. The molecule has 41 heavy (non-hydrogen) atoms. The number of para-hydroxylation sites is 1. The van der Waals surface area contributed by atoms with Crippen molar-refractivity contribution < 1.29 is 23.5 Å². The molecule has 4 heterocycles. The molecule has 5 rings (SSSR count). The molecule has 1 fully saturated rings. The lowest BCUT2D eigenvalue weighted by Crippen LogP contribution is -2.46. The molecule has 2 amide bonds. The van der Waals surface area contributed by atoms with E-state index in [1.54, 1.807) is 29.4 Å². The van der Waals surface area contributed by atoms with Crippen molar-refractivity contribution in [3.63, 3.8) is 0 Å². The number of halogens is 1. The predicted molar refractivity (Wildman–Crippen MR) is 154 cm³/mol. The smallest absolute Gasteiger partial charge is 0.411 e. The molecule has 9 nitrogen and oxygen atoms in total. The highest BCUT2D eigenvalue weighted by Gasteiger charge is 2.40. The average molecular weight is 560 g/mol. The van der Waals surface area contributed by atoms with Crippen molar-refractivity contribution in [2.75, 3.05) is 25.5 Å². The zero-order chi connectivity index (χ0) is 29.4. The standard InChI is InChI=1S/C31H34FN5O4/c1-30(2,3)41-29(39)37-17-7-13-31(37,4)14-10-19-18-33-15-11-20(19)25-26(24-22(35-25)12-16-34-28(24)38)36-23-9-6-8-21(32)27(23)40-5/h6,8-9,11,15,18,35-36H,7,12-13,16-17H2,1-5H3,(H,34,38)/t31-/m1/s1. The zero-order valence-electron chi connectivity index (χ0n) is 23.9. The van der Waals surface area contributed by atoms with E-state index < -0.39 is 23.1 Å². The first kappa shape index (κ1) is 28.0. The van der Waals surface area contributed by atoms with Crippen molar-refractivity contribution in [1.29, 1.82) is 0 Å². The maximum Gasteiger partial charge on any atom is 0.411 e. The number of nitrogens with zero attached hydrogens (tertiary/aromatic N) is 2. The summed E-state index contributed by atoms with van der Waals surface area (Å²) in [4.78, 5) is 35.4. The Morgan fingerprint density at radius 3 is 2.83 bits per heavy atom. The topological polar surface area (TPSA) is 109 Å². The maximum atomic E-state index is 14.5. The number of nitrogens with one attached hydrogen (secondary N) is 3. The third-order valence-corrected chi connectivity index (χ3v) is 7.21. The molecule has 10 heteroatoms. The van der Waals surface area contributed by atoms with Crippen LogP contribution in [-0.4, -0.2) is 58.2 Å². The summed E-state index contributed by atoms with van der Waals surface area (Å²) in [5.41, 5.74) is 2.67. The number of methoxy groups -OCH3 is 1. The Bertz CT molecular complexity index is 1560. The number of aromatic amines is 1. The highest BCUT2D eigenvalue weighted by molar-refractivity contribution is 6.06. The van der Waals surface area contributed by atoms with Gasteiger partial charge in [-0.15, -0.1) is 0 Å². The Morgan fingerprint density at radius 2 is 2.07 bits per heavy atom. The van der Waals surface area contributed by atoms with Gasteiger partial charge >= 0.3 is 6.09 Å². The summed E-state index contributed by atoms with van der Waals surface area (Å²) >= 11 is 0. The van der Waals surface area contributed by atoms with Crippen molar-refractivity contribution >= 4 is 23.4 Å². The van der Waals surface area contributed by atoms with Crippen LogP contribution in [0.5, 0.6) is 5.75 Å². The van der Waals surface area contributed by atoms with Crippen LogP contribution < -0.4 is 15.4 Å². The molecule has 0 radical (unpaired) electrons. The number of aromatic nitrogens is 2. The van der Waals surface area contributed by atoms with E-state index in [1.165, 1.54) is 13.2 Å². The van der Waals surface area contributed by atoms with E-state index in [4.69, 9.17) is 9.47 Å². The van der Waals surface area contributed by atoms with E-state index in [2.05, 4.69) is 32.4 Å². The number of H-pyrrole nitrogens is 1. The number of likely N-dealkylation sites (tertiary alicyclic amines) is 1. The summed E-state index contributed by atoms with van der Waals surface area (Å²) < 4.78 is 25.5. The number of carbonyl (C=O) groups is 2. The van der Waals surface area contributed by atoms with Gasteiger partial charge in [0.2, 0.25) is 0 Å². The van der Waals surface area contributed by atoms with Gasteiger partial charge < -0.3 is 25.1 Å². The molecule has 0 aliphatic carbocycles. The van der Waals surface area contributed by atoms with Gasteiger partial charge in [-0.3, -0.25) is 14.7 Å². The van der Waals surface area contributed by atoms with Crippen LogP contribution in [0.2, 0.25) is 0 Å².